The molecule has 3 N–H and O–H groups in total. The summed E-state index contributed by atoms with van der Waals surface area (Å²) in [7, 11) is 0. The maximum Gasteiger partial charge on any atom is 0.255 e. The molecular weight excluding hydrogens is 530 g/mol. The average Bonchev–Trinajstić information content (AvgIpc) is 3.28. The first-order valence-corrected chi connectivity index (χ1v) is 16.7. The maximum atomic E-state index is 13.1. The molecule has 1 saturated heterocycles. The highest BCUT2D eigenvalue weighted by atomic mass is 32.2. The van der Waals surface area contributed by atoms with Crippen LogP contribution in [0.4, 0.5) is 0 Å². The van der Waals surface area contributed by atoms with Gasteiger partial charge in [0.05, 0.1) is 0 Å². The molecule has 4 bridgehead atoms. The summed E-state index contributed by atoms with van der Waals surface area (Å²) in [6.07, 6.45) is 10.1. The van der Waals surface area contributed by atoms with Gasteiger partial charge in [0.15, 0.2) is 0 Å². The van der Waals surface area contributed by atoms with Crippen LogP contribution in [0.25, 0.3) is 0 Å². The van der Waals surface area contributed by atoms with Crippen LogP contribution >= 0.6 is 11.8 Å². The molecule has 7 heteroatoms. The standard InChI is InChI=1S/C34H43N3O3S/c1-21(34-16-24-13-25(17-34)15-26(14-24)18-34)35-12-11-22-5-7-23(8-6-22)20-41-30-4-2-3-27-28(30)19-37(33(27)40)29-9-10-31(38)36-32(29)39/h2-8,21,24-26,29,31,35,38H,9-20H2,1H3,(H,36,39). The van der Waals surface area contributed by atoms with E-state index in [1.54, 1.807) is 16.7 Å². The number of aliphatic hydroxyl groups excluding tert-OH is 1. The van der Waals surface area contributed by atoms with Gasteiger partial charge < -0.3 is 20.6 Å². The van der Waals surface area contributed by atoms with Crippen molar-refractivity contribution in [1.29, 1.82) is 0 Å². The van der Waals surface area contributed by atoms with Crippen molar-refractivity contribution in [2.45, 2.75) is 100 Å². The predicted octanol–water partition coefficient (Wildman–Crippen LogP) is 5.27. The van der Waals surface area contributed by atoms with Crippen molar-refractivity contribution < 1.29 is 14.7 Å². The molecule has 8 rings (SSSR count). The summed E-state index contributed by atoms with van der Waals surface area (Å²) in [6, 6.07) is 15.0. The van der Waals surface area contributed by atoms with Crippen molar-refractivity contribution in [2.75, 3.05) is 6.54 Å². The van der Waals surface area contributed by atoms with Crippen molar-refractivity contribution in [2.24, 2.45) is 23.2 Å². The normalized spacial score (nSPS) is 32.7. The number of piperidine rings is 1. The Kier molecular flexibility index (Phi) is 7.41. The summed E-state index contributed by atoms with van der Waals surface area (Å²) in [5.74, 6) is 3.48. The Bertz CT molecular complexity index is 1280. The van der Waals surface area contributed by atoms with Gasteiger partial charge in [-0.1, -0.05) is 30.3 Å². The number of nitrogens with zero attached hydrogens (tertiary/aromatic N) is 1. The topological polar surface area (TPSA) is 81.7 Å². The van der Waals surface area contributed by atoms with Gasteiger partial charge in [-0.3, -0.25) is 9.59 Å². The highest BCUT2D eigenvalue weighted by molar-refractivity contribution is 7.98. The zero-order valence-corrected chi connectivity index (χ0v) is 24.9. The monoisotopic (exact) mass is 573 g/mol. The van der Waals surface area contributed by atoms with Gasteiger partial charge in [0.25, 0.3) is 5.91 Å². The van der Waals surface area contributed by atoms with E-state index >= 15 is 0 Å². The van der Waals surface area contributed by atoms with E-state index in [4.69, 9.17) is 0 Å². The van der Waals surface area contributed by atoms with E-state index < -0.39 is 12.3 Å². The Hall–Kier alpha value is -2.35. The fraction of sp³-hybridized carbons (Fsp3) is 0.588. The highest BCUT2D eigenvalue weighted by Gasteiger charge is 2.52. The summed E-state index contributed by atoms with van der Waals surface area (Å²) in [6.45, 7) is 3.93. The van der Waals surface area contributed by atoms with Gasteiger partial charge in [0.1, 0.15) is 12.3 Å². The second-order valence-corrected chi connectivity index (χ2v) is 14.7. The number of hydrogen-bond acceptors (Lipinski definition) is 5. The number of rotatable bonds is 9. The van der Waals surface area contributed by atoms with Crippen molar-refractivity contribution in [3.63, 3.8) is 0 Å². The highest BCUT2D eigenvalue weighted by Crippen LogP contribution is 2.61. The largest absolute Gasteiger partial charge is 0.374 e. The number of nitrogens with one attached hydrogen (secondary N) is 2. The molecule has 0 radical (unpaired) electrons. The van der Waals surface area contributed by atoms with E-state index in [9.17, 15) is 14.7 Å². The number of carbonyl (C=O) groups excluding carboxylic acids is 2. The number of thioether (sulfide) groups is 1. The maximum absolute atomic E-state index is 13.1. The quantitative estimate of drug-likeness (QED) is 0.356. The van der Waals surface area contributed by atoms with Crippen molar-refractivity contribution in [3.05, 3.63) is 64.7 Å². The Balaban J connectivity index is 0.918. The molecule has 2 aliphatic heterocycles. The first-order chi connectivity index (χ1) is 19.9. The van der Waals surface area contributed by atoms with Crippen LogP contribution in [0.5, 0.6) is 0 Å². The molecule has 3 unspecified atom stereocenters. The lowest BCUT2D eigenvalue weighted by atomic mass is 9.48. The van der Waals surface area contributed by atoms with Crippen LogP contribution in [0, 0.1) is 23.2 Å². The second-order valence-electron chi connectivity index (χ2n) is 13.6. The van der Waals surface area contributed by atoms with Gasteiger partial charge in [-0.15, -0.1) is 11.8 Å². The number of hydrogen-bond donors (Lipinski definition) is 3. The number of aliphatic hydroxyl groups is 1. The minimum absolute atomic E-state index is 0.0885. The lowest BCUT2D eigenvalue weighted by Gasteiger charge is -2.59. The van der Waals surface area contributed by atoms with Crippen LogP contribution in [0.2, 0.25) is 0 Å². The average molecular weight is 574 g/mol. The summed E-state index contributed by atoms with van der Waals surface area (Å²) in [5, 5.41) is 16.2. The lowest BCUT2D eigenvalue weighted by Crippen LogP contribution is -2.55. The molecule has 2 heterocycles. The Morgan fingerprint density at radius 2 is 1.68 bits per heavy atom. The molecule has 5 fully saturated rings. The predicted molar refractivity (Wildman–Crippen MR) is 161 cm³/mol. The van der Waals surface area contributed by atoms with Crippen LogP contribution in [0.3, 0.4) is 0 Å². The van der Waals surface area contributed by atoms with Gasteiger partial charge in [-0.25, -0.2) is 0 Å². The van der Waals surface area contributed by atoms with E-state index in [0.29, 0.717) is 36.4 Å². The number of benzene rings is 2. The Morgan fingerprint density at radius 3 is 2.37 bits per heavy atom. The zero-order valence-electron chi connectivity index (χ0n) is 24.1. The van der Waals surface area contributed by atoms with E-state index in [0.717, 1.165) is 46.9 Å². The van der Waals surface area contributed by atoms with Crippen molar-refractivity contribution in [1.82, 2.24) is 15.5 Å². The van der Waals surface area contributed by atoms with Crippen molar-refractivity contribution in [3.8, 4) is 0 Å². The van der Waals surface area contributed by atoms with E-state index in [1.165, 1.54) is 49.7 Å². The molecule has 2 amide bonds. The van der Waals surface area contributed by atoms with Crippen LogP contribution in [0.15, 0.2) is 47.4 Å². The molecule has 3 atom stereocenters. The SMILES string of the molecule is CC(NCCc1ccc(CSc2cccc3c2CN(C2CCC(O)NC2=O)C3=O)cc1)C12CC3CC(CC(C3)C1)C2. The van der Waals surface area contributed by atoms with E-state index in [2.05, 4.69) is 47.9 Å². The molecule has 0 aromatic heterocycles. The summed E-state index contributed by atoms with van der Waals surface area (Å²) >= 11 is 1.75. The minimum atomic E-state index is -0.817. The second kappa shape index (κ2) is 11.1. The fourth-order valence-corrected chi connectivity index (χ4v) is 10.1. The summed E-state index contributed by atoms with van der Waals surface area (Å²) in [5.41, 5.74) is 4.91. The molecular formula is C34H43N3O3S. The van der Waals surface area contributed by atoms with Gasteiger partial charge in [-0.05, 0) is 123 Å². The van der Waals surface area contributed by atoms with Gasteiger partial charge in [0, 0.05) is 28.8 Å². The number of carbonyl (C=O) groups is 2. The van der Waals surface area contributed by atoms with Crippen LogP contribution in [-0.2, 0) is 23.5 Å². The third-order valence-corrected chi connectivity index (χ3v) is 12.1. The first-order valence-electron chi connectivity index (χ1n) is 15.7. The molecule has 6 aliphatic rings. The van der Waals surface area contributed by atoms with E-state index in [1.807, 2.05) is 12.1 Å². The van der Waals surface area contributed by atoms with Gasteiger partial charge in [-0.2, -0.15) is 0 Å². The summed E-state index contributed by atoms with van der Waals surface area (Å²) < 4.78 is 0. The van der Waals surface area contributed by atoms with Crippen LogP contribution in [0.1, 0.15) is 85.3 Å². The molecule has 41 heavy (non-hydrogen) atoms. The molecule has 2 aromatic carbocycles. The number of amides is 2. The minimum Gasteiger partial charge on any atom is -0.374 e. The smallest absolute Gasteiger partial charge is 0.255 e. The third-order valence-electron chi connectivity index (χ3n) is 10.9. The zero-order chi connectivity index (χ0) is 28.1. The van der Waals surface area contributed by atoms with E-state index in [-0.39, 0.29) is 11.8 Å². The molecule has 0 spiro atoms. The number of fused-ring (bicyclic) bond motifs is 1. The molecule has 6 nitrogen and oxygen atoms in total. The van der Waals surface area contributed by atoms with Crippen LogP contribution in [-0.4, -0.2) is 46.7 Å². The Morgan fingerprint density at radius 1 is 1.00 bits per heavy atom. The van der Waals surface area contributed by atoms with Gasteiger partial charge >= 0.3 is 0 Å². The molecule has 2 aromatic rings. The Labute approximate surface area is 248 Å². The van der Waals surface area contributed by atoms with Crippen LogP contribution < -0.4 is 10.6 Å². The fourth-order valence-electron chi connectivity index (χ4n) is 9.11. The molecule has 4 aliphatic carbocycles. The van der Waals surface area contributed by atoms with Crippen molar-refractivity contribution >= 4 is 23.6 Å². The summed E-state index contributed by atoms with van der Waals surface area (Å²) in [4.78, 5) is 28.4. The first kappa shape index (κ1) is 27.5. The molecule has 218 valence electrons. The van der Waals surface area contributed by atoms with Gasteiger partial charge in [0.2, 0.25) is 5.91 Å². The third kappa shape index (κ3) is 5.34. The lowest BCUT2D eigenvalue weighted by molar-refractivity contribution is -0.132. The molecule has 4 saturated carbocycles.